The molecule has 24 heavy (non-hydrogen) atoms. The number of sulfone groups is 1. The Balaban J connectivity index is 2.31. The Kier molecular flexibility index (Phi) is 5.11. The minimum Gasteiger partial charge on any atom is -0.280 e. The van der Waals surface area contributed by atoms with Crippen LogP contribution < -0.4 is 4.72 Å². The van der Waals surface area contributed by atoms with Crippen LogP contribution in [-0.4, -0.2) is 22.6 Å². The summed E-state index contributed by atoms with van der Waals surface area (Å²) in [6.45, 7) is 0. The first-order valence-corrected chi connectivity index (χ1v) is 9.55. The molecular formula is C13H9ClF3NO4S2. The van der Waals surface area contributed by atoms with Crippen molar-refractivity contribution >= 4 is 37.1 Å². The fraction of sp³-hybridized carbons (Fsp3) is 0.0769. The highest BCUT2D eigenvalue weighted by Crippen LogP contribution is 2.24. The van der Waals surface area contributed by atoms with E-state index in [1.807, 2.05) is 4.72 Å². The number of halogens is 4. The van der Waals surface area contributed by atoms with Gasteiger partial charge in [-0.25, -0.2) is 21.2 Å². The van der Waals surface area contributed by atoms with Gasteiger partial charge < -0.3 is 0 Å². The first-order chi connectivity index (χ1) is 11.0. The standard InChI is InChI=1S/C13H9ClF3NO4S2/c14-8-1-6-12(11(15)7-8)24(21,22)18-9-2-4-10(5-3-9)23(19,20)13(16)17/h1-7,13,18H. The van der Waals surface area contributed by atoms with Crippen LogP contribution in [0.3, 0.4) is 0 Å². The van der Waals surface area contributed by atoms with Gasteiger partial charge in [0.2, 0.25) is 9.84 Å². The average Bonchev–Trinajstić information content (AvgIpc) is 2.46. The van der Waals surface area contributed by atoms with Gasteiger partial charge in [0, 0.05) is 10.7 Å². The van der Waals surface area contributed by atoms with E-state index in [-0.39, 0.29) is 10.7 Å². The largest absolute Gasteiger partial charge is 0.341 e. The van der Waals surface area contributed by atoms with Gasteiger partial charge in [-0.05, 0) is 42.5 Å². The van der Waals surface area contributed by atoms with Crippen molar-refractivity contribution in [1.82, 2.24) is 0 Å². The quantitative estimate of drug-likeness (QED) is 0.836. The predicted molar refractivity (Wildman–Crippen MR) is 81.9 cm³/mol. The summed E-state index contributed by atoms with van der Waals surface area (Å²) in [6, 6.07) is 6.53. The molecule has 2 aromatic rings. The van der Waals surface area contributed by atoms with Gasteiger partial charge in [0.15, 0.2) is 0 Å². The van der Waals surface area contributed by atoms with Gasteiger partial charge in [0.05, 0.1) is 4.90 Å². The molecule has 1 N–H and O–H groups in total. The second kappa shape index (κ2) is 6.61. The summed E-state index contributed by atoms with van der Waals surface area (Å²) in [5.41, 5.74) is -0.127. The maximum Gasteiger partial charge on any atom is 0.341 e. The van der Waals surface area contributed by atoms with Crippen LogP contribution in [0, 0.1) is 5.82 Å². The Labute approximate surface area is 141 Å². The van der Waals surface area contributed by atoms with Crippen molar-refractivity contribution in [1.29, 1.82) is 0 Å². The van der Waals surface area contributed by atoms with E-state index in [1.165, 1.54) is 6.07 Å². The zero-order valence-electron chi connectivity index (χ0n) is 11.6. The highest BCUT2D eigenvalue weighted by molar-refractivity contribution is 7.92. The van der Waals surface area contributed by atoms with E-state index in [2.05, 4.69) is 0 Å². The smallest absolute Gasteiger partial charge is 0.280 e. The van der Waals surface area contributed by atoms with Gasteiger partial charge >= 0.3 is 5.76 Å². The summed E-state index contributed by atoms with van der Waals surface area (Å²) in [7, 11) is -9.09. The molecule has 2 aromatic carbocycles. The van der Waals surface area contributed by atoms with Gasteiger partial charge in [0.1, 0.15) is 10.7 Å². The molecule has 0 heterocycles. The third-order valence-electron chi connectivity index (χ3n) is 2.85. The van der Waals surface area contributed by atoms with Crippen LogP contribution in [0.2, 0.25) is 5.02 Å². The summed E-state index contributed by atoms with van der Waals surface area (Å²) in [6.07, 6.45) is 0. The minimum absolute atomic E-state index is 0.00742. The molecule has 0 atom stereocenters. The van der Waals surface area contributed by atoms with Crippen molar-refractivity contribution in [2.75, 3.05) is 4.72 Å². The minimum atomic E-state index is -4.79. The van der Waals surface area contributed by atoms with Gasteiger partial charge in [-0.1, -0.05) is 11.6 Å². The van der Waals surface area contributed by atoms with Crippen LogP contribution in [-0.2, 0) is 19.9 Å². The summed E-state index contributed by atoms with van der Waals surface area (Å²) >= 11 is 5.54. The number of hydrogen-bond donors (Lipinski definition) is 1. The van der Waals surface area contributed by atoms with E-state index >= 15 is 0 Å². The fourth-order valence-electron chi connectivity index (χ4n) is 1.72. The Bertz CT molecular complexity index is 961. The molecule has 0 spiro atoms. The molecular weight excluding hydrogens is 391 g/mol. The molecule has 0 aliphatic heterocycles. The molecule has 0 aliphatic carbocycles. The van der Waals surface area contributed by atoms with Gasteiger partial charge in [-0.3, -0.25) is 4.72 Å². The van der Waals surface area contributed by atoms with Crippen molar-refractivity contribution in [3.63, 3.8) is 0 Å². The van der Waals surface area contributed by atoms with E-state index in [9.17, 15) is 30.0 Å². The van der Waals surface area contributed by atoms with E-state index in [4.69, 9.17) is 11.6 Å². The van der Waals surface area contributed by atoms with Crippen LogP contribution in [0.25, 0.3) is 0 Å². The first-order valence-electron chi connectivity index (χ1n) is 6.14. The molecule has 5 nitrogen and oxygen atoms in total. The molecule has 0 radical (unpaired) electrons. The molecule has 11 heteroatoms. The summed E-state index contributed by atoms with van der Waals surface area (Å²) in [5.74, 6) is -4.67. The SMILES string of the molecule is O=S(=O)(Nc1ccc(S(=O)(=O)C(F)F)cc1)c1ccc(Cl)cc1F. The van der Waals surface area contributed by atoms with Crippen LogP contribution in [0.15, 0.2) is 52.3 Å². The van der Waals surface area contributed by atoms with Crippen molar-refractivity contribution in [3.05, 3.63) is 53.3 Å². The second-order valence-corrected chi connectivity index (χ2v) is 8.52. The van der Waals surface area contributed by atoms with Crippen LogP contribution in [0.4, 0.5) is 18.9 Å². The number of rotatable bonds is 5. The Morgan fingerprint density at radius 2 is 1.54 bits per heavy atom. The van der Waals surface area contributed by atoms with E-state index in [1.54, 1.807) is 0 Å². The van der Waals surface area contributed by atoms with Crippen LogP contribution >= 0.6 is 11.6 Å². The third-order valence-corrected chi connectivity index (χ3v) is 5.90. The second-order valence-electron chi connectivity index (χ2n) is 4.51. The molecule has 0 fully saturated rings. The average molecular weight is 400 g/mol. The van der Waals surface area contributed by atoms with Gasteiger partial charge in [-0.15, -0.1) is 0 Å². The predicted octanol–water partition coefficient (Wildman–Crippen LogP) is 3.28. The van der Waals surface area contributed by atoms with Crippen molar-refractivity contribution < 1.29 is 30.0 Å². The summed E-state index contributed by atoms with van der Waals surface area (Å²) in [4.78, 5) is -1.34. The van der Waals surface area contributed by atoms with Crippen molar-refractivity contribution in [2.45, 2.75) is 15.5 Å². The molecule has 0 amide bonds. The van der Waals surface area contributed by atoms with E-state index in [0.29, 0.717) is 0 Å². The first kappa shape index (κ1) is 18.6. The van der Waals surface area contributed by atoms with Crippen molar-refractivity contribution in [3.8, 4) is 0 Å². The number of anilines is 1. The third kappa shape index (κ3) is 3.82. The maximum atomic E-state index is 13.7. The summed E-state index contributed by atoms with van der Waals surface area (Å²) < 4.78 is 87.3. The molecule has 130 valence electrons. The molecule has 0 saturated heterocycles. The van der Waals surface area contributed by atoms with Gasteiger partial charge in [0.25, 0.3) is 10.0 Å². The molecule has 0 bridgehead atoms. The zero-order valence-corrected chi connectivity index (χ0v) is 14.0. The number of sulfonamides is 1. The lowest BCUT2D eigenvalue weighted by atomic mass is 10.3. The Morgan fingerprint density at radius 1 is 0.958 bits per heavy atom. The monoisotopic (exact) mass is 399 g/mol. The normalized spacial score (nSPS) is 12.4. The molecule has 0 aromatic heterocycles. The van der Waals surface area contributed by atoms with Crippen molar-refractivity contribution in [2.24, 2.45) is 0 Å². The highest BCUT2D eigenvalue weighted by atomic mass is 35.5. The maximum absolute atomic E-state index is 13.7. The molecule has 0 unspecified atom stereocenters. The molecule has 0 saturated carbocycles. The Hall–Kier alpha value is -1.78. The lowest BCUT2D eigenvalue weighted by molar-refractivity contribution is 0.234. The zero-order chi connectivity index (χ0) is 18.1. The number of nitrogens with one attached hydrogen (secondary N) is 1. The van der Waals surface area contributed by atoms with Crippen LogP contribution in [0.1, 0.15) is 0 Å². The summed E-state index contributed by atoms with van der Waals surface area (Å²) in [5, 5.41) is 0.00742. The number of alkyl halides is 2. The van der Waals surface area contributed by atoms with Gasteiger partial charge in [-0.2, -0.15) is 8.78 Å². The lowest BCUT2D eigenvalue weighted by Crippen LogP contribution is -2.15. The van der Waals surface area contributed by atoms with E-state index in [0.717, 1.165) is 36.4 Å². The fourth-order valence-corrected chi connectivity index (χ4v) is 3.72. The molecule has 0 aliphatic rings. The molecule has 2 rings (SSSR count). The van der Waals surface area contributed by atoms with Crippen LogP contribution in [0.5, 0.6) is 0 Å². The highest BCUT2D eigenvalue weighted by Gasteiger charge is 2.26. The topological polar surface area (TPSA) is 80.3 Å². The number of benzene rings is 2. The van der Waals surface area contributed by atoms with E-state index < -0.39 is 41.2 Å². The Morgan fingerprint density at radius 3 is 2.04 bits per heavy atom. The lowest BCUT2D eigenvalue weighted by Gasteiger charge is -2.10. The number of hydrogen-bond acceptors (Lipinski definition) is 4.